The zero-order valence-corrected chi connectivity index (χ0v) is 13.5. The van der Waals surface area contributed by atoms with Gasteiger partial charge in [-0.1, -0.05) is 28.1 Å². The summed E-state index contributed by atoms with van der Waals surface area (Å²) in [6.07, 6.45) is 1.05. The maximum absolute atomic E-state index is 12.1. The number of carbonyl (C=O) groups is 1. The topological polar surface area (TPSA) is 41.6 Å². The van der Waals surface area contributed by atoms with Gasteiger partial charge in [-0.3, -0.25) is 0 Å². The number of nitrogens with one attached hydrogen (secondary N) is 1. The average Bonchev–Trinajstić information content (AvgIpc) is 2.37. The zero-order chi connectivity index (χ0) is 14.5. The Bertz CT molecular complexity index is 457. The van der Waals surface area contributed by atoms with Crippen LogP contribution in [0.1, 0.15) is 19.4 Å². The van der Waals surface area contributed by atoms with Crippen LogP contribution < -0.4 is 5.32 Å². The summed E-state index contributed by atoms with van der Waals surface area (Å²) >= 11 is 3.45. The number of benzene rings is 1. The Labute approximate surface area is 128 Å². The van der Waals surface area contributed by atoms with Crippen molar-refractivity contribution in [2.75, 3.05) is 19.6 Å². The standard InChI is InChI=1S/C15H21BrN2O2/c1-11-9-18(10-12(2)20-11)15(19)17-7-6-13-4-3-5-14(16)8-13/h3-5,8,11-12H,6-7,9-10H2,1-2H3,(H,17,19). The van der Waals surface area contributed by atoms with Gasteiger partial charge in [-0.05, 0) is 38.0 Å². The van der Waals surface area contributed by atoms with Gasteiger partial charge in [0, 0.05) is 24.1 Å². The van der Waals surface area contributed by atoms with E-state index in [1.54, 1.807) is 0 Å². The van der Waals surface area contributed by atoms with Gasteiger partial charge in [0.15, 0.2) is 0 Å². The lowest BCUT2D eigenvalue weighted by Gasteiger charge is -2.35. The summed E-state index contributed by atoms with van der Waals surface area (Å²) in [6.45, 7) is 5.96. The molecule has 0 saturated carbocycles. The number of ether oxygens (including phenoxy) is 1. The Hall–Kier alpha value is -1.07. The highest BCUT2D eigenvalue weighted by Crippen LogP contribution is 2.12. The highest BCUT2D eigenvalue weighted by atomic mass is 79.9. The van der Waals surface area contributed by atoms with Crippen molar-refractivity contribution in [1.82, 2.24) is 10.2 Å². The molecule has 1 heterocycles. The van der Waals surface area contributed by atoms with Crippen LogP contribution in [0.2, 0.25) is 0 Å². The predicted octanol–water partition coefficient (Wildman–Crippen LogP) is 2.81. The summed E-state index contributed by atoms with van der Waals surface area (Å²) in [5.74, 6) is 0. The monoisotopic (exact) mass is 340 g/mol. The maximum atomic E-state index is 12.1. The molecule has 2 amide bonds. The van der Waals surface area contributed by atoms with Crippen LogP contribution in [0.15, 0.2) is 28.7 Å². The third-order valence-corrected chi connectivity index (χ3v) is 3.78. The Balaban J connectivity index is 1.77. The molecule has 2 unspecified atom stereocenters. The normalized spacial score (nSPS) is 22.6. The van der Waals surface area contributed by atoms with Gasteiger partial charge >= 0.3 is 6.03 Å². The van der Waals surface area contributed by atoms with E-state index in [4.69, 9.17) is 4.74 Å². The molecule has 0 aliphatic carbocycles. The van der Waals surface area contributed by atoms with Crippen LogP contribution in [0.25, 0.3) is 0 Å². The van der Waals surface area contributed by atoms with E-state index in [0.29, 0.717) is 19.6 Å². The van der Waals surface area contributed by atoms with E-state index in [0.717, 1.165) is 10.9 Å². The third kappa shape index (κ3) is 4.49. The second-order valence-corrected chi connectivity index (χ2v) is 6.19. The molecule has 0 spiro atoms. The van der Waals surface area contributed by atoms with Crippen molar-refractivity contribution in [2.24, 2.45) is 0 Å². The molecular weight excluding hydrogens is 320 g/mol. The van der Waals surface area contributed by atoms with Gasteiger partial charge in [-0.25, -0.2) is 4.79 Å². The first-order valence-corrected chi connectivity index (χ1v) is 7.76. The summed E-state index contributed by atoms with van der Waals surface area (Å²) < 4.78 is 6.69. The Morgan fingerprint density at radius 3 is 2.75 bits per heavy atom. The smallest absolute Gasteiger partial charge is 0.317 e. The van der Waals surface area contributed by atoms with Crippen molar-refractivity contribution >= 4 is 22.0 Å². The minimum Gasteiger partial charge on any atom is -0.372 e. The summed E-state index contributed by atoms with van der Waals surface area (Å²) in [4.78, 5) is 13.9. The molecule has 0 bridgehead atoms. The van der Waals surface area contributed by atoms with Crippen LogP contribution in [0, 0.1) is 0 Å². The van der Waals surface area contributed by atoms with Gasteiger partial charge in [0.1, 0.15) is 0 Å². The Morgan fingerprint density at radius 2 is 2.10 bits per heavy atom. The molecule has 1 aromatic rings. The third-order valence-electron chi connectivity index (χ3n) is 3.29. The van der Waals surface area contributed by atoms with Crippen molar-refractivity contribution in [2.45, 2.75) is 32.5 Å². The van der Waals surface area contributed by atoms with Crippen LogP contribution >= 0.6 is 15.9 Å². The van der Waals surface area contributed by atoms with Crippen molar-refractivity contribution in [1.29, 1.82) is 0 Å². The highest BCUT2D eigenvalue weighted by Gasteiger charge is 2.25. The second-order valence-electron chi connectivity index (χ2n) is 5.27. The first-order valence-electron chi connectivity index (χ1n) is 6.97. The maximum Gasteiger partial charge on any atom is 0.317 e. The molecule has 0 radical (unpaired) electrons. The molecule has 1 aliphatic heterocycles. The minimum absolute atomic E-state index is 0.00185. The molecule has 1 saturated heterocycles. The number of morpholine rings is 1. The number of rotatable bonds is 3. The van der Waals surface area contributed by atoms with Crippen LogP contribution in [0.5, 0.6) is 0 Å². The van der Waals surface area contributed by atoms with Crippen LogP contribution in [0.3, 0.4) is 0 Å². The van der Waals surface area contributed by atoms with Crippen LogP contribution in [-0.4, -0.2) is 42.8 Å². The van der Waals surface area contributed by atoms with E-state index < -0.39 is 0 Å². The molecule has 1 aliphatic rings. The largest absolute Gasteiger partial charge is 0.372 e. The molecule has 2 atom stereocenters. The summed E-state index contributed by atoms with van der Waals surface area (Å²) in [6, 6.07) is 8.15. The van der Waals surface area contributed by atoms with E-state index in [2.05, 4.69) is 33.4 Å². The Morgan fingerprint density at radius 1 is 1.40 bits per heavy atom. The minimum atomic E-state index is 0.00185. The highest BCUT2D eigenvalue weighted by molar-refractivity contribution is 9.10. The van der Waals surface area contributed by atoms with E-state index in [1.807, 2.05) is 30.9 Å². The number of carbonyl (C=O) groups excluding carboxylic acids is 1. The lowest BCUT2D eigenvalue weighted by Crippen LogP contribution is -2.51. The lowest BCUT2D eigenvalue weighted by molar-refractivity contribution is -0.0544. The molecule has 1 fully saturated rings. The van der Waals surface area contributed by atoms with Gasteiger partial charge < -0.3 is 15.0 Å². The average molecular weight is 341 g/mol. The van der Waals surface area contributed by atoms with Gasteiger partial charge in [-0.15, -0.1) is 0 Å². The zero-order valence-electron chi connectivity index (χ0n) is 11.9. The number of halogens is 1. The predicted molar refractivity (Wildman–Crippen MR) is 82.8 cm³/mol. The van der Waals surface area contributed by atoms with Crippen molar-refractivity contribution in [3.05, 3.63) is 34.3 Å². The molecule has 5 heteroatoms. The molecule has 20 heavy (non-hydrogen) atoms. The molecular formula is C15H21BrN2O2. The summed E-state index contributed by atoms with van der Waals surface area (Å²) in [5.41, 5.74) is 1.21. The van der Waals surface area contributed by atoms with E-state index in [9.17, 15) is 4.79 Å². The van der Waals surface area contributed by atoms with Crippen LogP contribution in [-0.2, 0) is 11.2 Å². The van der Waals surface area contributed by atoms with Gasteiger partial charge in [0.05, 0.1) is 12.2 Å². The van der Waals surface area contributed by atoms with Crippen molar-refractivity contribution in [3.8, 4) is 0 Å². The van der Waals surface area contributed by atoms with E-state index >= 15 is 0 Å². The van der Waals surface area contributed by atoms with Crippen molar-refractivity contribution in [3.63, 3.8) is 0 Å². The first kappa shape index (κ1) is 15.3. The number of hydrogen-bond acceptors (Lipinski definition) is 2. The molecule has 1 aromatic carbocycles. The first-order chi connectivity index (χ1) is 9.54. The van der Waals surface area contributed by atoms with E-state index in [-0.39, 0.29) is 18.2 Å². The molecule has 110 valence electrons. The SMILES string of the molecule is CC1CN(C(=O)NCCc2cccc(Br)c2)CC(C)O1. The fourth-order valence-electron chi connectivity index (χ4n) is 2.46. The molecule has 1 N–H and O–H groups in total. The fourth-order valence-corrected chi connectivity index (χ4v) is 2.91. The molecule has 0 aromatic heterocycles. The number of nitrogens with zero attached hydrogens (tertiary/aromatic N) is 1. The number of hydrogen-bond donors (Lipinski definition) is 1. The number of amides is 2. The summed E-state index contributed by atoms with van der Waals surface area (Å²) in [7, 11) is 0. The van der Waals surface area contributed by atoms with Gasteiger partial charge in [-0.2, -0.15) is 0 Å². The van der Waals surface area contributed by atoms with Crippen molar-refractivity contribution < 1.29 is 9.53 Å². The molecule has 4 nitrogen and oxygen atoms in total. The molecule has 2 rings (SSSR count). The fraction of sp³-hybridized carbons (Fsp3) is 0.533. The van der Waals surface area contributed by atoms with Gasteiger partial charge in [0.2, 0.25) is 0 Å². The number of urea groups is 1. The summed E-state index contributed by atoms with van der Waals surface area (Å²) in [5, 5.41) is 2.98. The van der Waals surface area contributed by atoms with E-state index in [1.165, 1.54) is 5.56 Å². The Kier molecular flexibility index (Phi) is 5.43. The van der Waals surface area contributed by atoms with Gasteiger partial charge in [0.25, 0.3) is 0 Å². The lowest BCUT2D eigenvalue weighted by atomic mass is 10.1. The second kappa shape index (κ2) is 7.09. The van der Waals surface area contributed by atoms with Crippen LogP contribution in [0.4, 0.5) is 4.79 Å². The quantitative estimate of drug-likeness (QED) is 0.919.